The van der Waals surface area contributed by atoms with Crippen LogP contribution < -0.4 is 8.92 Å². The second kappa shape index (κ2) is 7.44. The van der Waals surface area contributed by atoms with Crippen molar-refractivity contribution in [1.82, 2.24) is 9.78 Å². The molecule has 0 bridgehead atoms. The molecule has 1 atom stereocenters. The minimum atomic E-state index is -4.27. The Bertz CT molecular complexity index is 906. The maximum atomic E-state index is 12.6. The van der Waals surface area contributed by atoms with Crippen LogP contribution in [0.4, 0.5) is 0 Å². The molecule has 1 aromatic carbocycles. The smallest absolute Gasteiger partial charge is 0.346 e. The van der Waals surface area contributed by atoms with E-state index in [9.17, 15) is 8.42 Å². The zero-order chi connectivity index (χ0) is 19.1. The van der Waals surface area contributed by atoms with E-state index in [1.54, 1.807) is 0 Å². The molecule has 11 heteroatoms. The van der Waals surface area contributed by atoms with Crippen molar-refractivity contribution in [1.29, 1.82) is 0 Å². The Morgan fingerprint density at radius 3 is 2.54 bits per heavy atom. The van der Waals surface area contributed by atoms with Gasteiger partial charge in [0.15, 0.2) is 10.6 Å². The van der Waals surface area contributed by atoms with Crippen LogP contribution >= 0.6 is 34.8 Å². The SMILES string of the molecule is CC(C)OC1COc2c(S(=O)(=O)Oc3c(Cl)cc(Cl)cc3Cl)cnn2C1. The van der Waals surface area contributed by atoms with E-state index in [2.05, 4.69) is 5.10 Å². The molecule has 1 aliphatic rings. The molecular weight excluding hydrogens is 427 g/mol. The van der Waals surface area contributed by atoms with Crippen LogP contribution in [0.5, 0.6) is 11.6 Å². The first-order valence-electron chi connectivity index (χ1n) is 7.60. The molecule has 0 saturated heterocycles. The fraction of sp³-hybridized carbons (Fsp3) is 0.400. The first kappa shape index (κ1) is 19.6. The molecule has 2 aromatic rings. The number of nitrogens with zero attached hydrogens (tertiary/aromatic N) is 2. The highest BCUT2D eigenvalue weighted by atomic mass is 35.5. The van der Waals surface area contributed by atoms with Gasteiger partial charge in [-0.05, 0) is 26.0 Å². The highest BCUT2D eigenvalue weighted by molar-refractivity contribution is 7.87. The molecule has 0 radical (unpaired) electrons. The Hall–Kier alpha value is -1.19. The summed E-state index contributed by atoms with van der Waals surface area (Å²) in [7, 11) is -4.27. The summed E-state index contributed by atoms with van der Waals surface area (Å²) in [4.78, 5) is -0.220. The van der Waals surface area contributed by atoms with Gasteiger partial charge in [-0.15, -0.1) is 0 Å². The molecule has 1 unspecified atom stereocenters. The largest absolute Gasteiger partial charge is 0.474 e. The molecule has 0 spiro atoms. The molecule has 0 fully saturated rings. The molecule has 0 N–H and O–H groups in total. The molecule has 1 aliphatic heterocycles. The van der Waals surface area contributed by atoms with Gasteiger partial charge in [0, 0.05) is 5.02 Å². The minimum absolute atomic E-state index is 0.0152. The van der Waals surface area contributed by atoms with Crippen molar-refractivity contribution in [2.75, 3.05) is 6.61 Å². The zero-order valence-corrected chi connectivity index (χ0v) is 16.9. The average Bonchev–Trinajstić information content (AvgIpc) is 2.94. The van der Waals surface area contributed by atoms with Crippen LogP contribution in [0.1, 0.15) is 13.8 Å². The van der Waals surface area contributed by atoms with Crippen molar-refractivity contribution >= 4 is 44.9 Å². The van der Waals surface area contributed by atoms with Crippen LogP contribution in [-0.4, -0.2) is 37.0 Å². The van der Waals surface area contributed by atoms with E-state index in [0.717, 1.165) is 6.20 Å². The summed E-state index contributed by atoms with van der Waals surface area (Å²) in [5.41, 5.74) is 0. The van der Waals surface area contributed by atoms with Gasteiger partial charge < -0.3 is 13.7 Å². The summed E-state index contributed by atoms with van der Waals surface area (Å²) >= 11 is 17.8. The molecule has 142 valence electrons. The maximum Gasteiger partial charge on any atom is 0.346 e. The number of benzene rings is 1. The first-order chi connectivity index (χ1) is 12.2. The standard InChI is InChI=1S/C15H15Cl3N2O5S/c1-8(2)24-10-6-20-15(23-7-10)13(5-19-20)26(21,22)25-14-11(17)3-9(16)4-12(14)18/h3-5,8,10H,6-7H2,1-2H3. The van der Waals surface area contributed by atoms with E-state index in [-0.39, 0.29) is 50.4 Å². The van der Waals surface area contributed by atoms with Crippen LogP contribution in [-0.2, 0) is 21.4 Å². The molecular formula is C15H15Cl3N2O5S. The summed E-state index contributed by atoms with van der Waals surface area (Å²) in [5, 5.41) is 4.24. The van der Waals surface area contributed by atoms with Crippen molar-refractivity contribution in [3.8, 4) is 11.6 Å². The lowest BCUT2D eigenvalue weighted by molar-refractivity contribution is -0.0445. The molecule has 1 aromatic heterocycles. The first-order valence-corrected chi connectivity index (χ1v) is 10.1. The number of ether oxygens (including phenoxy) is 2. The Morgan fingerprint density at radius 2 is 1.92 bits per heavy atom. The molecule has 7 nitrogen and oxygen atoms in total. The van der Waals surface area contributed by atoms with Crippen LogP contribution in [0, 0.1) is 0 Å². The second-order valence-corrected chi connectivity index (χ2v) is 8.62. The van der Waals surface area contributed by atoms with E-state index >= 15 is 0 Å². The quantitative estimate of drug-likeness (QED) is 0.657. The summed E-state index contributed by atoms with van der Waals surface area (Å²) in [6.45, 7) is 4.38. The topological polar surface area (TPSA) is 79.7 Å². The third-order valence-corrected chi connectivity index (χ3v) is 5.42. The van der Waals surface area contributed by atoms with Crippen molar-refractivity contribution in [2.24, 2.45) is 0 Å². The van der Waals surface area contributed by atoms with Gasteiger partial charge in [-0.3, -0.25) is 0 Å². The molecule has 0 saturated carbocycles. The van der Waals surface area contributed by atoms with Crippen molar-refractivity contribution in [3.05, 3.63) is 33.4 Å². The molecule has 2 heterocycles. The third kappa shape index (κ3) is 4.04. The summed E-state index contributed by atoms with van der Waals surface area (Å²) in [6, 6.07) is 2.66. The van der Waals surface area contributed by atoms with Crippen molar-refractivity contribution in [3.63, 3.8) is 0 Å². The monoisotopic (exact) mass is 440 g/mol. The lowest BCUT2D eigenvalue weighted by Crippen LogP contribution is -2.34. The van der Waals surface area contributed by atoms with Crippen LogP contribution in [0.25, 0.3) is 0 Å². The summed E-state index contributed by atoms with van der Waals surface area (Å²) < 4.78 is 43.0. The van der Waals surface area contributed by atoms with Crippen molar-refractivity contribution in [2.45, 2.75) is 37.5 Å². The van der Waals surface area contributed by atoms with Crippen LogP contribution in [0.2, 0.25) is 15.1 Å². The number of rotatable bonds is 5. The number of hydrogen-bond donors (Lipinski definition) is 0. The van der Waals surface area contributed by atoms with E-state index in [1.165, 1.54) is 16.8 Å². The van der Waals surface area contributed by atoms with E-state index in [0.29, 0.717) is 6.54 Å². The van der Waals surface area contributed by atoms with E-state index in [1.807, 2.05) is 13.8 Å². The van der Waals surface area contributed by atoms with Gasteiger partial charge in [0.05, 0.1) is 28.9 Å². The fourth-order valence-corrected chi connectivity index (χ4v) is 4.48. The van der Waals surface area contributed by atoms with E-state index in [4.69, 9.17) is 48.5 Å². The van der Waals surface area contributed by atoms with Gasteiger partial charge in [0.2, 0.25) is 5.88 Å². The lowest BCUT2D eigenvalue weighted by Gasteiger charge is -2.26. The predicted octanol–water partition coefficient (Wildman–Crippen LogP) is 3.80. The number of aromatic nitrogens is 2. The molecule has 3 rings (SSSR count). The highest BCUT2D eigenvalue weighted by Crippen LogP contribution is 2.38. The highest BCUT2D eigenvalue weighted by Gasteiger charge is 2.32. The van der Waals surface area contributed by atoms with Gasteiger partial charge in [-0.25, -0.2) is 4.68 Å². The Kier molecular flexibility index (Phi) is 5.60. The second-order valence-electron chi connectivity index (χ2n) is 5.85. The van der Waals surface area contributed by atoms with Crippen LogP contribution in [0.15, 0.2) is 23.2 Å². The number of hydrogen-bond acceptors (Lipinski definition) is 6. The molecule has 0 amide bonds. The number of halogens is 3. The van der Waals surface area contributed by atoms with Gasteiger partial charge in [-0.2, -0.15) is 13.5 Å². The minimum Gasteiger partial charge on any atom is -0.474 e. The van der Waals surface area contributed by atoms with Crippen LogP contribution in [0.3, 0.4) is 0 Å². The van der Waals surface area contributed by atoms with Gasteiger partial charge in [0.1, 0.15) is 12.7 Å². The van der Waals surface area contributed by atoms with E-state index < -0.39 is 10.1 Å². The Labute approximate surface area is 165 Å². The molecule has 26 heavy (non-hydrogen) atoms. The van der Waals surface area contributed by atoms with Gasteiger partial charge >= 0.3 is 10.1 Å². The predicted molar refractivity (Wildman–Crippen MR) is 97.0 cm³/mol. The Balaban J connectivity index is 1.88. The van der Waals surface area contributed by atoms with Crippen molar-refractivity contribution < 1.29 is 22.1 Å². The Morgan fingerprint density at radius 1 is 1.27 bits per heavy atom. The maximum absolute atomic E-state index is 12.6. The summed E-state index contributed by atoms with van der Waals surface area (Å²) in [5.74, 6) is -0.135. The van der Waals surface area contributed by atoms with Gasteiger partial charge in [0.25, 0.3) is 0 Å². The van der Waals surface area contributed by atoms with Gasteiger partial charge in [-0.1, -0.05) is 34.8 Å². The average molecular weight is 442 g/mol. The molecule has 0 aliphatic carbocycles. The fourth-order valence-electron chi connectivity index (χ4n) is 2.45. The summed E-state index contributed by atoms with van der Waals surface area (Å²) in [6.07, 6.45) is 0.945. The third-order valence-electron chi connectivity index (χ3n) is 3.43. The zero-order valence-electron chi connectivity index (χ0n) is 13.8. The normalized spacial score (nSPS) is 17.1. The number of fused-ring (bicyclic) bond motifs is 1. The lowest BCUT2D eigenvalue weighted by atomic mass is 10.3.